The summed E-state index contributed by atoms with van der Waals surface area (Å²) in [6, 6.07) is 0. The Morgan fingerprint density at radius 1 is 1.53 bits per heavy atom. The first kappa shape index (κ1) is 10.7. The Morgan fingerprint density at radius 2 is 2.13 bits per heavy atom. The smallest absolute Gasteiger partial charge is 0.333 e. The number of hydrogen-bond acceptors (Lipinski definition) is 3. The second-order valence-corrected chi connectivity index (χ2v) is 4.71. The molecule has 1 saturated carbocycles. The molecule has 1 aliphatic rings. The number of methoxy groups -OCH3 is 1. The summed E-state index contributed by atoms with van der Waals surface area (Å²) in [5.41, 5.74) is 1.35. The van der Waals surface area contributed by atoms with Gasteiger partial charge in [0.05, 0.1) is 23.0 Å². The number of esters is 1. The standard InChI is InChI=1S/C10H13BrN2O2/c1-6-8(11)7(2)13(12-6)10(4-5-10)9(14)15-3/h4-5H2,1-3H3. The molecule has 1 aliphatic carbocycles. The van der Waals surface area contributed by atoms with Crippen LogP contribution in [0.2, 0.25) is 0 Å². The van der Waals surface area contributed by atoms with Crippen molar-refractivity contribution in [2.24, 2.45) is 0 Å². The highest BCUT2D eigenvalue weighted by Crippen LogP contribution is 2.46. The second kappa shape index (κ2) is 3.33. The molecule has 15 heavy (non-hydrogen) atoms. The zero-order valence-electron chi connectivity index (χ0n) is 9.00. The van der Waals surface area contributed by atoms with Crippen molar-refractivity contribution in [2.75, 3.05) is 7.11 Å². The number of aromatic nitrogens is 2. The third-order valence-corrected chi connectivity index (χ3v) is 4.05. The van der Waals surface area contributed by atoms with E-state index in [9.17, 15) is 4.79 Å². The molecule has 0 bridgehead atoms. The average molecular weight is 273 g/mol. The van der Waals surface area contributed by atoms with Crippen molar-refractivity contribution in [3.8, 4) is 0 Å². The fourth-order valence-corrected chi connectivity index (χ4v) is 2.10. The Hall–Kier alpha value is -0.840. The number of aryl methyl sites for hydroxylation is 1. The molecule has 1 aromatic rings. The molecule has 0 aliphatic heterocycles. The molecule has 0 unspecified atom stereocenters. The zero-order valence-corrected chi connectivity index (χ0v) is 10.6. The number of hydrogen-bond donors (Lipinski definition) is 0. The van der Waals surface area contributed by atoms with Gasteiger partial charge in [-0.3, -0.25) is 4.68 Å². The van der Waals surface area contributed by atoms with Crippen molar-refractivity contribution < 1.29 is 9.53 Å². The minimum Gasteiger partial charge on any atom is -0.467 e. The molecule has 0 spiro atoms. The molecule has 1 aromatic heterocycles. The molecule has 2 rings (SSSR count). The molecule has 0 atom stereocenters. The second-order valence-electron chi connectivity index (χ2n) is 3.92. The van der Waals surface area contributed by atoms with Gasteiger partial charge >= 0.3 is 5.97 Å². The molecular formula is C10H13BrN2O2. The molecule has 5 heteroatoms. The maximum atomic E-state index is 11.7. The van der Waals surface area contributed by atoms with Crippen LogP contribution in [0.1, 0.15) is 24.2 Å². The van der Waals surface area contributed by atoms with Gasteiger partial charge in [-0.15, -0.1) is 0 Å². The highest BCUT2D eigenvalue weighted by molar-refractivity contribution is 9.10. The summed E-state index contributed by atoms with van der Waals surface area (Å²) in [6.07, 6.45) is 1.63. The van der Waals surface area contributed by atoms with Gasteiger partial charge < -0.3 is 4.74 Å². The number of rotatable bonds is 2. The van der Waals surface area contributed by atoms with Crippen LogP contribution >= 0.6 is 15.9 Å². The van der Waals surface area contributed by atoms with Crippen LogP contribution in [0.5, 0.6) is 0 Å². The number of carbonyl (C=O) groups is 1. The van der Waals surface area contributed by atoms with E-state index in [1.54, 1.807) is 4.68 Å². The monoisotopic (exact) mass is 272 g/mol. The van der Waals surface area contributed by atoms with E-state index in [0.29, 0.717) is 0 Å². The van der Waals surface area contributed by atoms with Gasteiger partial charge in [-0.2, -0.15) is 5.10 Å². The fourth-order valence-electron chi connectivity index (χ4n) is 1.85. The lowest BCUT2D eigenvalue weighted by Gasteiger charge is -2.14. The van der Waals surface area contributed by atoms with Crippen molar-refractivity contribution in [3.63, 3.8) is 0 Å². The van der Waals surface area contributed by atoms with E-state index in [1.165, 1.54) is 7.11 Å². The largest absolute Gasteiger partial charge is 0.467 e. The quantitative estimate of drug-likeness (QED) is 0.773. The first-order valence-corrected chi connectivity index (χ1v) is 5.63. The predicted octanol–water partition coefficient (Wildman–Crippen LogP) is 1.92. The molecule has 82 valence electrons. The maximum Gasteiger partial charge on any atom is 0.333 e. The number of nitrogens with zero attached hydrogens (tertiary/aromatic N) is 2. The third-order valence-electron chi connectivity index (χ3n) is 2.90. The summed E-state index contributed by atoms with van der Waals surface area (Å²) in [5.74, 6) is -0.194. The van der Waals surface area contributed by atoms with Gasteiger partial charge in [0.2, 0.25) is 0 Å². The molecule has 1 heterocycles. The van der Waals surface area contributed by atoms with E-state index in [0.717, 1.165) is 28.7 Å². The average Bonchev–Trinajstić information content (AvgIpc) is 2.99. The van der Waals surface area contributed by atoms with Gasteiger partial charge in [-0.25, -0.2) is 4.79 Å². The predicted molar refractivity (Wildman–Crippen MR) is 58.6 cm³/mol. The van der Waals surface area contributed by atoms with Crippen LogP contribution in [0.15, 0.2) is 4.47 Å². The Bertz CT molecular complexity index is 421. The molecule has 4 nitrogen and oxygen atoms in total. The summed E-state index contributed by atoms with van der Waals surface area (Å²) in [6.45, 7) is 3.87. The molecule has 0 N–H and O–H groups in total. The van der Waals surface area contributed by atoms with Crippen molar-refractivity contribution in [3.05, 3.63) is 15.9 Å². The van der Waals surface area contributed by atoms with Gasteiger partial charge in [-0.1, -0.05) is 0 Å². The van der Waals surface area contributed by atoms with E-state index < -0.39 is 5.54 Å². The van der Waals surface area contributed by atoms with Crippen LogP contribution in [-0.4, -0.2) is 22.9 Å². The number of halogens is 1. The SMILES string of the molecule is COC(=O)C1(n2nc(C)c(Br)c2C)CC1. The van der Waals surface area contributed by atoms with Crippen LogP contribution in [0.4, 0.5) is 0 Å². The lowest BCUT2D eigenvalue weighted by molar-refractivity contribution is -0.146. The normalized spacial score (nSPS) is 17.6. The summed E-state index contributed by atoms with van der Waals surface area (Å²) < 4.78 is 7.58. The lowest BCUT2D eigenvalue weighted by Crippen LogP contribution is -2.30. The van der Waals surface area contributed by atoms with E-state index in [1.807, 2.05) is 13.8 Å². The van der Waals surface area contributed by atoms with Crippen LogP contribution < -0.4 is 0 Å². The molecule has 0 amide bonds. The van der Waals surface area contributed by atoms with Crippen molar-refractivity contribution >= 4 is 21.9 Å². The first-order valence-electron chi connectivity index (χ1n) is 4.83. The molecule has 1 fully saturated rings. The third kappa shape index (κ3) is 1.40. The highest BCUT2D eigenvalue weighted by Gasteiger charge is 2.55. The van der Waals surface area contributed by atoms with E-state index in [4.69, 9.17) is 4.74 Å². The molecular weight excluding hydrogens is 260 g/mol. The number of carbonyl (C=O) groups excluding carboxylic acids is 1. The Labute approximate surface area is 96.7 Å². The highest BCUT2D eigenvalue weighted by atomic mass is 79.9. The van der Waals surface area contributed by atoms with E-state index in [2.05, 4.69) is 21.0 Å². The lowest BCUT2D eigenvalue weighted by atomic mass is 10.2. The van der Waals surface area contributed by atoms with Crippen LogP contribution in [0.25, 0.3) is 0 Å². The van der Waals surface area contributed by atoms with Gasteiger partial charge in [-0.05, 0) is 42.6 Å². The molecule has 0 saturated heterocycles. The molecule has 0 aromatic carbocycles. The van der Waals surface area contributed by atoms with Crippen LogP contribution in [-0.2, 0) is 15.1 Å². The Kier molecular flexibility index (Phi) is 2.37. The summed E-state index contributed by atoms with van der Waals surface area (Å²) in [4.78, 5) is 11.7. The van der Waals surface area contributed by atoms with Gasteiger partial charge in [0.15, 0.2) is 5.54 Å². The van der Waals surface area contributed by atoms with E-state index >= 15 is 0 Å². The Morgan fingerprint density at radius 3 is 2.47 bits per heavy atom. The summed E-state index contributed by atoms with van der Waals surface area (Å²) >= 11 is 3.46. The first-order chi connectivity index (χ1) is 7.03. The van der Waals surface area contributed by atoms with E-state index in [-0.39, 0.29) is 5.97 Å². The maximum absolute atomic E-state index is 11.7. The van der Waals surface area contributed by atoms with Gasteiger partial charge in [0.1, 0.15) is 0 Å². The fraction of sp³-hybridized carbons (Fsp3) is 0.600. The van der Waals surface area contributed by atoms with Crippen molar-refractivity contribution in [2.45, 2.75) is 32.2 Å². The summed E-state index contributed by atoms with van der Waals surface area (Å²) in [5, 5.41) is 4.38. The van der Waals surface area contributed by atoms with Crippen LogP contribution in [0.3, 0.4) is 0 Å². The van der Waals surface area contributed by atoms with Gasteiger partial charge in [0.25, 0.3) is 0 Å². The topological polar surface area (TPSA) is 44.1 Å². The minimum absolute atomic E-state index is 0.194. The zero-order chi connectivity index (χ0) is 11.2. The Balaban J connectivity index is 2.46. The van der Waals surface area contributed by atoms with Gasteiger partial charge in [0, 0.05) is 0 Å². The van der Waals surface area contributed by atoms with Crippen LogP contribution in [0, 0.1) is 13.8 Å². The molecule has 0 radical (unpaired) electrons. The van der Waals surface area contributed by atoms with Crippen molar-refractivity contribution in [1.82, 2.24) is 9.78 Å². The number of ether oxygens (including phenoxy) is 1. The summed E-state index contributed by atoms with van der Waals surface area (Å²) in [7, 11) is 1.42. The van der Waals surface area contributed by atoms with Crippen molar-refractivity contribution in [1.29, 1.82) is 0 Å². The minimum atomic E-state index is -0.532.